The highest BCUT2D eigenvalue weighted by Gasteiger charge is 2.07. The van der Waals surface area contributed by atoms with E-state index in [1.165, 1.54) is 0 Å². The minimum Gasteiger partial charge on any atom is -0.423 e. The lowest BCUT2D eigenvalue weighted by atomic mass is 10.2. The summed E-state index contributed by atoms with van der Waals surface area (Å²) in [7, 11) is 0. The molecule has 0 spiro atoms. The van der Waals surface area contributed by atoms with Crippen molar-refractivity contribution in [2.75, 3.05) is 0 Å². The van der Waals surface area contributed by atoms with Crippen LogP contribution in [0.5, 0.6) is 11.8 Å². The van der Waals surface area contributed by atoms with Crippen LogP contribution >= 0.6 is 15.9 Å². The molecule has 0 N–H and O–H groups in total. The molecule has 0 bridgehead atoms. The van der Waals surface area contributed by atoms with Gasteiger partial charge in [0.05, 0.1) is 17.3 Å². The van der Waals surface area contributed by atoms with Crippen molar-refractivity contribution in [1.29, 1.82) is 5.26 Å². The zero-order valence-electron chi connectivity index (χ0n) is 10.8. The largest absolute Gasteiger partial charge is 0.423 e. The number of nitriles is 1. The van der Waals surface area contributed by atoms with E-state index in [2.05, 4.69) is 32.1 Å². The molecule has 0 aliphatic carbocycles. The van der Waals surface area contributed by atoms with Crippen LogP contribution in [0.2, 0.25) is 0 Å². The molecule has 2 aromatic carbocycles. The van der Waals surface area contributed by atoms with Crippen LogP contribution in [0.4, 0.5) is 0 Å². The standard InChI is InChI=1S/C15H9BrN4O/c16-12-6-11(9-17)7-14(8-12)21-15-18-10-20(19-15)13-4-2-1-3-5-13/h1-8,10H. The second-order valence-corrected chi connectivity index (χ2v) is 5.11. The van der Waals surface area contributed by atoms with Crippen LogP contribution in [0.15, 0.2) is 59.3 Å². The van der Waals surface area contributed by atoms with Crippen LogP contribution in [0.3, 0.4) is 0 Å². The third-order valence-corrected chi connectivity index (χ3v) is 3.16. The number of halogens is 1. The lowest BCUT2D eigenvalue weighted by molar-refractivity contribution is 0.441. The van der Waals surface area contributed by atoms with E-state index in [4.69, 9.17) is 10.00 Å². The number of ether oxygens (including phenoxy) is 1. The van der Waals surface area contributed by atoms with Crippen molar-refractivity contribution in [3.05, 3.63) is 64.9 Å². The van der Waals surface area contributed by atoms with Gasteiger partial charge in [0.2, 0.25) is 0 Å². The van der Waals surface area contributed by atoms with Crippen molar-refractivity contribution >= 4 is 15.9 Å². The molecule has 0 radical (unpaired) electrons. The van der Waals surface area contributed by atoms with Crippen molar-refractivity contribution in [3.8, 4) is 23.5 Å². The van der Waals surface area contributed by atoms with E-state index >= 15 is 0 Å². The first-order valence-corrected chi connectivity index (χ1v) is 6.89. The molecule has 21 heavy (non-hydrogen) atoms. The summed E-state index contributed by atoms with van der Waals surface area (Å²) in [5, 5.41) is 13.2. The monoisotopic (exact) mass is 340 g/mol. The van der Waals surface area contributed by atoms with Gasteiger partial charge in [-0.25, -0.2) is 4.68 Å². The second-order valence-electron chi connectivity index (χ2n) is 4.20. The van der Waals surface area contributed by atoms with E-state index in [-0.39, 0.29) is 6.01 Å². The predicted molar refractivity (Wildman–Crippen MR) is 80.3 cm³/mol. The Morgan fingerprint density at radius 1 is 1.14 bits per heavy atom. The van der Waals surface area contributed by atoms with Gasteiger partial charge in [-0.1, -0.05) is 34.1 Å². The average Bonchev–Trinajstić information content (AvgIpc) is 2.96. The van der Waals surface area contributed by atoms with Gasteiger partial charge in [-0.15, -0.1) is 5.10 Å². The molecule has 0 fully saturated rings. The third-order valence-electron chi connectivity index (χ3n) is 2.70. The maximum atomic E-state index is 8.94. The highest BCUT2D eigenvalue weighted by Crippen LogP contribution is 2.24. The molecule has 6 heteroatoms. The maximum absolute atomic E-state index is 8.94. The number of benzene rings is 2. The lowest BCUT2D eigenvalue weighted by Crippen LogP contribution is -1.94. The number of para-hydroxylation sites is 1. The summed E-state index contributed by atoms with van der Waals surface area (Å²) in [5.74, 6) is 0.506. The molecule has 102 valence electrons. The first-order valence-electron chi connectivity index (χ1n) is 6.10. The fourth-order valence-corrected chi connectivity index (χ4v) is 2.26. The Morgan fingerprint density at radius 2 is 1.95 bits per heavy atom. The lowest BCUT2D eigenvalue weighted by Gasteiger charge is -2.02. The van der Waals surface area contributed by atoms with Crippen molar-refractivity contribution in [2.45, 2.75) is 0 Å². The Labute approximate surface area is 129 Å². The summed E-state index contributed by atoms with van der Waals surface area (Å²) in [6.45, 7) is 0. The molecule has 3 aromatic rings. The van der Waals surface area contributed by atoms with Crippen LogP contribution in [-0.2, 0) is 0 Å². The van der Waals surface area contributed by atoms with E-state index in [9.17, 15) is 0 Å². The Bertz CT molecular complexity index is 808. The molecule has 0 atom stereocenters. The Balaban J connectivity index is 1.85. The first kappa shape index (κ1) is 13.3. The number of nitrogens with zero attached hydrogens (tertiary/aromatic N) is 4. The van der Waals surface area contributed by atoms with Crippen LogP contribution in [0, 0.1) is 11.3 Å². The maximum Gasteiger partial charge on any atom is 0.341 e. The summed E-state index contributed by atoms with van der Waals surface area (Å²) in [6.07, 6.45) is 1.58. The molecule has 0 aliphatic rings. The summed E-state index contributed by atoms with van der Waals surface area (Å²) in [5.41, 5.74) is 1.40. The molecule has 0 saturated heterocycles. The summed E-state index contributed by atoms with van der Waals surface area (Å²) in [6, 6.07) is 17.0. The molecule has 3 rings (SSSR count). The zero-order chi connectivity index (χ0) is 14.7. The Morgan fingerprint density at radius 3 is 2.71 bits per heavy atom. The first-order chi connectivity index (χ1) is 10.2. The van der Waals surface area contributed by atoms with Gasteiger partial charge >= 0.3 is 6.01 Å². The summed E-state index contributed by atoms with van der Waals surface area (Å²) in [4.78, 5) is 4.10. The number of rotatable bonds is 3. The Kier molecular flexibility index (Phi) is 3.67. The topological polar surface area (TPSA) is 63.7 Å². The third kappa shape index (κ3) is 3.09. The molecule has 5 nitrogen and oxygen atoms in total. The Hall–Kier alpha value is -2.65. The van der Waals surface area contributed by atoms with Gasteiger partial charge in [-0.3, -0.25) is 0 Å². The van der Waals surface area contributed by atoms with E-state index in [1.54, 1.807) is 29.2 Å². The molecule has 0 unspecified atom stereocenters. The normalized spacial score (nSPS) is 10.1. The van der Waals surface area contributed by atoms with Crippen LogP contribution in [-0.4, -0.2) is 14.8 Å². The van der Waals surface area contributed by atoms with Gasteiger partial charge in [0.15, 0.2) is 0 Å². The minimum atomic E-state index is 0.223. The van der Waals surface area contributed by atoms with Gasteiger partial charge in [0.25, 0.3) is 0 Å². The van der Waals surface area contributed by atoms with Gasteiger partial charge in [0.1, 0.15) is 12.1 Å². The van der Waals surface area contributed by atoms with E-state index in [1.807, 2.05) is 30.3 Å². The SMILES string of the molecule is N#Cc1cc(Br)cc(Oc2ncn(-c3ccccc3)n2)c1. The van der Waals surface area contributed by atoms with Crippen molar-refractivity contribution in [1.82, 2.24) is 14.8 Å². The van der Waals surface area contributed by atoms with Gasteiger partial charge < -0.3 is 4.74 Å². The van der Waals surface area contributed by atoms with Gasteiger partial charge in [-0.05, 0) is 30.3 Å². The molecule has 1 aromatic heterocycles. The highest BCUT2D eigenvalue weighted by molar-refractivity contribution is 9.10. The molecule has 0 aliphatic heterocycles. The molecular weight excluding hydrogens is 332 g/mol. The van der Waals surface area contributed by atoms with E-state index < -0.39 is 0 Å². The highest BCUT2D eigenvalue weighted by atomic mass is 79.9. The smallest absolute Gasteiger partial charge is 0.341 e. The summed E-state index contributed by atoms with van der Waals surface area (Å²) < 4.78 is 7.97. The van der Waals surface area contributed by atoms with Crippen LogP contribution in [0.1, 0.15) is 5.56 Å². The van der Waals surface area contributed by atoms with Gasteiger partial charge in [0, 0.05) is 4.47 Å². The van der Waals surface area contributed by atoms with Crippen molar-refractivity contribution in [2.24, 2.45) is 0 Å². The second kappa shape index (κ2) is 5.77. The quantitative estimate of drug-likeness (QED) is 0.729. The number of hydrogen-bond acceptors (Lipinski definition) is 4. The number of hydrogen-bond donors (Lipinski definition) is 0. The fraction of sp³-hybridized carbons (Fsp3) is 0. The minimum absolute atomic E-state index is 0.223. The zero-order valence-corrected chi connectivity index (χ0v) is 12.4. The van der Waals surface area contributed by atoms with E-state index in [0.717, 1.165) is 10.2 Å². The summed E-state index contributed by atoms with van der Waals surface area (Å²) >= 11 is 3.33. The van der Waals surface area contributed by atoms with Crippen LogP contribution in [0.25, 0.3) is 5.69 Å². The molecular formula is C15H9BrN4O. The van der Waals surface area contributed by atoms with E-state index in [0.29, 0.717) is 11.3 Å². The fourth-order valence-electron chi connectivity index (χ4n) is 1.79. The van der Waals surface area contributed by atoms with Crippen LogP contribution < -0.4 is 4.74 Å². The van der Waals surface area contributed by atoms with Crippen molar-refractivity contribution in [3.63, 3.8) is 0 Å². The predicted octanol–water partition coefficient (Wildman–Crippen LogP) is 3.69. The average molecular weight is 341 g/mol. The van der Waals surface area contributed by atoms with Crippen molar-refractivity contribution < 1.29 is 4.74 Å². The number of aromatic nitrogens is 3. The molecule has 1 heterocycles. The molecule has 0 amide bonds. The van der Waals surface area contributed by atoms with Gasteiger partial charge in [-0.2, -0.15) is 10.2 Å². The molecule has 0 saturated carbocycles.